The van der Waals surface area contributed by atoms with Crippen LogP contribution >= 0.6 is 0 Å². The lowest BCUT2D eigenvalue weighted by Crippen LogP contribution is -2.30. The van der Waals surface area contributed by atoms with Gasteiger partial charge < -0.3 is 14.2 Å². The number of carbonyl (C=O) groups is 3. The molecule has 6 heteroatoms. The Morgan fingerprint density at radius 2 is 0.480 bits per heavy atom. The highest BCUT2D eigenvalue weighted by molar-refractivity contribution is 5.71. The molecular formula is C69H122O6. The summed E-state index contributed by atoms with van der Waals surface area (Å²) in [5.74, 6) is -0.892. The first-order chi connectivity index (χ1) is 37.0. The molecule has 0 rings (SSSR count). The van der Waals surface area contributed by atoms with Gasteiger partial charge in [-0.3, -0.25) is 14.4 Å². The summed E-state index contributed by atoms with van der Waals surface area (Å²) < 4.78 is 16.9. The van der Waals surface area contributed by atoms with E-state index in [0.29, 0.717) is 19.3 Å². The fourth-order valence-corrected chi connectivity index (χ4v) is 9.24. The largest absolute Gasteiger partial charge is 0.462 e. The van der Waals surface area contributed by atoms with E-state index < -0.39 is 6.10 Å². The SMILES string of the molecule is CCCCCC/C=C\C/C=C\CCCCCCCCCC(=O)OC(COC(=O)CCCCCCC/C=C\CCCCCCCCC)COC(=O)CCCCCCCCCC/C=C\C/C=C\C/C=C\CCCCCCC. The first-order valence-corrected chi connectivity index (χ1v) is 32.4. The summed E-state index contributed by atoms with van der Waals surface area (Å²) in [6.07, 6.45) is 81.8. The number of carbonyl (C=O) groups excluding carboxylic acids is 3. The van der Waals surface area contributed by atoms with Gasteiger partial charge in [-0.05, 0) is 116 Å². The van der Waals surface area contributed by atoms with Crippen molar-refractivity contribution in [2.45, 2.75) is 335 Å². The number of allylic oxidation sites excluding steroid dienone is 12. The van der Waals surface area contributed by atoms with Gasteiger partial charge in [0, 0.05) is 19.3 Å². The molecule has 0 aromatic rings. The van der Waals surface area contributed by atoms with Crippen LogP contribution in [0.5, 0.6) is 0 Å². The summed E-state index contributed by atoms with van der Waals surface area (Å²) in [7, 11) is 0. The van der Waals surface area contributed by atoms with Crippen LogP contribution in [-0.2, 0) is 28.6 Å². The van der Waals surface area contributed by atoms with Gasteiger partial charge in [0.25, 0.3) is 0 Å². The smallest absolute Gasteiger partial charge is 0.306 e. The average molecular weight is 1050 g/mol. The Hall–Kier alpha value is -3.15. The number of esters is 3. The van der Waals surface area contributed by atoms with Crippen molar-refractivity contribution in [3.63, 3.8) is 0 Å². The van der Waals surface area contributed by atoms with Crippen molar-refractivity contribution < 1.29 is 28.6 Å². The molecule has 0 aliphatic rings. The van der Waals surface area contributed by atoms with Gasteiger partial charge in [0.2, 0.25) is 0 Å². The van der Waals surface area contributed by atoms with E-state index in [1.807, 2.05) is 0 Å². The van der Waals surface area contributed by atoms with Gasteiger partial charge in [-0.15, -0.1) is 0 Å². The second-order valence-electron chi connectivity index (χ2n) is 21.7. The monoisotopic (exact) mass is 1050 g/mol. The summed E-state index contributed by atoms with van der Waals surface area (Å²) in [6.45, 7) is 6.63. The van der Waals surface area contributed by atoms with E-state index in [1.165, 1.54) is 193 Å². The van der Waals surface area contributed by atoms with Crippen LogP contribution < -0.4 is 0 Å². The van der Waals surface area contributed by atoms with Crippen LogP contribution in [0, 0.1) is 0 Å². The third-order valence-electron chi connectivity index (χ3n) is 14.2. The molecule has 0 saturated heterocycles. The average Bonchev–Trinajstić information content (AvgIpc) is 3.41. The van der Waals surface area contributed by atoms with Crippen molar-refractivity contribution in [1.29, 1.82) is 0 Å². The Bertz CT molecular complexity index is 1390. The van der Waals surface area contributed by atoms with Crippen LogP contribution in [0.2, 0.25) is 0 Å². The van der Waals surface area contributed by atoms with Crippen LogP contribution in [0.15, 0.2) is 72.9 Å². The zero-order valence-electron chi connectivity index (χ0n) is 49.8. The van der Waals surface area contributed by atoms with Gasteiger partial charge in [0.1, 0.15) is 13.2 Å². The Labute approximate surface area is 465 Å². The molecule has 0 N–H and O–H groups in total. The highest BCUT2D eigenvalue weighted by Crippen LogP contribution is 2.16. The summed E-state index contributed by atoms with van der Waals surface area (Å²) in [5, 5.41) is 0. The van der Waals surface area contributed by atoms with E-state index in [9.17, 15) is 14.4 Å². The zero-order chi connectivity index (χ0) is 54.3. The van der Waals surface area contributed by atoms with E-state index in [0.717, 1.165) is 96.3 Å². The maximum atomic E-state index is 12.9. The first kappa shape index (κ1) is 71.8. The van der Waals surface area contributed by atoms with E-state index in [4.69, 9.17) is 14.2 Å². The Balaban J connectivity index is 4.39. The van der Waals surface area contributed by atoms with Gasteiger partial charge in [-0.1, -0.05) is 267 Å². The van der Waals surface area contributed by atoms with Crippen molar-refractivity contribution >= 4 is 17.9 Å². The molecule has 6 nitrogen and oxygen atoms in total. The second kappa shape index (κ2) is 63.4. The van der Waals surface area contributed by atoms with E-state index >= 15 is 0 Å². The molecule has 1 atom stereocenters. The van der Waals surface area contributed by atoms with Crippen LogP contribution in [0.3, 0.4) is 0 Å². The maximum absolute atomic E-state index is 12.9. The zero-order valence-corrected chi connectivity index (χ0v) is 49.8. The molecule has 0 aromatic heterocycles. The topological polar surface area (TPSA) is 78.9 Å². The summed E-state index contributed by atoms with van der Waals surface area (Å²) in [6, 6.07) is 0. The van der Waals surface area contributed by atoms with Crippen molar-refractivity contribution in [3.05, 3.63) is 72.9 Å². The van der Waals surface area contributed by atoms with Gasteiger partial charge in [-0.2, -0.15) is 0 Å². The molecule has 0 heterocycles. The minimum atomic E-state index is -0.788. The van der Waals surface area contributed by atoms with Crippen molar-refractivity contribution in [2.75, 3.05) is 13.2 Å². The van der Waals surface area contributed by atoms with Gasteiger partial charge >= 0.3 is 17.9 Å². The molecule has 0 spiro atoms. The predicted octanol–water partition coefficient (Wildman–Crippen LogP) is 22.1. The minimum absolute atomic E-state index is 0.0841. The highest BCUT2D eigenvalue weighted by Gasteiger charge is 2.19. The lowest BCUT2D eigenvalue weighted by molar-refractivity contribution is -0.167. The molecule has 0 radical (unpaired) electrons. The summed E-state index contributed by atoms with van der Waals surface area (Å²) in [5.41, 5.74) is 0. The molecular weight excluding hydrogens is 925 g/mol. The molecule has 0 aliphatic carbocycles. The number of hydrogen-bond acceptors (Lipinski definition) is 6. The van der Waals surface area contributed by atoms with E-state index in [-0.39, 0.29) is 31.1 Å². The standard InChI is InChI=1S/C69H122O6/c1-4-7-10-13-16-19-22-25-28-31-33-34-35-36-37-39-41-44-47-50-53-56-59-62-68(71)74-65-66(64-73-67(70)61-58-55-52-49-46-43-40-30-27-24-21-18-15-12-9-6-3)75-69(72)63-60-57-54-51-48-45-42-38-32-29-26-23-20-17-14-11-8-5-2/h20,22-23,25,29-33,35-36,40,66H,4-19,21,24,26-28,34,37-39,41-65H2,1-3H3/b23-20-,25-22-,32-29-,33-31-,36-35-,40-30-. The molecule has 75 heavy (non-hydrogen) atoms. The normalized spacial score (nSPS) is 12.5. The summed E-state index contributed by atoms with van der Waals surface area (Å²) in [4.78, 5) is 38.3. The number of rotatable bonds is 59. The fraction of sp³-hybridized carbons (Fsp3) is 0.783. The number of unbranched alkanes of at least 4 members (excludes halogenated alkanes) is 36. The Morgan fingerprint density at radius 1 is 0.267 bits per heavy atom. The Kier molecular flexibility index (Phi) is 60.7. The van der Waals surface area contributed by atoms with Crippen molar-refractivity contribution in [3.8, 4) is 0 Å². The molecule has 0 amide bonds. The fourth-order valence-electron chi connectivity index (χ4n) is 9.24. The molecule has 0 saturated carbocycles. The molecule has 434 valence electrons. The number of ether oxygens (including phenoxy) is 3. The lowest BCUT2D eigenvalue weighted by atomic mass is 10.1. The first-order valence-electron chi connectivity index (χ1n) is 32.4. The number of hydrogen-bond donors (Lipinski definition) is 0. The van der Waals surface area contributed by atoms with Crippen LogP contribution in [0.25, 0.3) is 0 Å². The van der Waals surface area contributed by atoms with Crippen LogP contribution in [0.1, 0.15) is 329 Å². The van der Waals surface area contributed by atoms with Crippen LogP contribution in [0.4, 0.5) is 0 Å². The van der Waals surface area contributed by atoms with E-state index in [2.05, 4.69) is 93.7 Å². The van der Waals surface area contributed by atoms with Crippen molar-refractivity contribution in [1.82, 2.24) is 0 Å². The highest BCUT2D eigenvalue weighted by atomic mass is 16.6. The molecule has 0 aromatic carbocycles. The van der Waals surface area contributed by atoms with E-state index in [1.54, 1.807) is 0 Å². The molecule has 0 aliphatic heterocycles. The molecule has 1 unspecified atom stereocenters. The predicted molar refractivity (Wildman–Crippen MR) is 325 cm³/mol. The van der Waals surface area contributed by atoms with Gasteiger partial charge in [-0.25, -0.2) is 0 Å². The quantitative estimate of drug-likeness (QED) is 0.0261. The van der Waals surface area contributed by atoms with Gasteiger partial charge in [0.15, 0.2) is 6.10 Å². The Morgan fingerprint density at radius 3 is 0.773 bits per heavy atom. The van der Waals surface area contributed by atoms with Crippen molar-refractivity contribution in [2.24, 2.45) is 0 Å². The maximum Gasteiger partial charge on any atom is 0.306 e. The van der Waals surface area contributed by atoms with Gasteiger partial charge in [0.05, 0.1) is 0 Å². The minimum Gasteiger partial charge on any atom is -0.462 e. The molecule has 0 bridgehead atoms. The molecule has 0 fully saturated rings. The lowest BCUT2D eigenvalue weighted by Gasteiger charge is -2.18. The summed E-state index contributed by atoms with van der Waals surface area (Å²) >= 11 is 0. The second-order valence-corrected chi connectivity index (χ2v) is 21.7. The van der Waals surface area contributed by atoms with Crippen LogP contribution in [-0.4, -0.2) is 37.2 Å². The third-order valence-corrected chi connectivity index (χ3v) is 14.2. The third kappa shape index (κ3) is 61.6.